The lowest BCUT2D eigenvalue weighted by atomic mass is 10.0. The van der Waals surface area contributed by atoms with Crippen LogP contribution in [0.25, 0.3) is 11.4 Å². The molecule has 108 valence electrons. The zero-order chi connectivity index (χ0) is 14.9. The number of rotatable bonds is 4. The van der Waals surface area contributed by atoms with E-state index in [1.165, 1.54) is 0 Å². The summed E-state index contributed by atoms with van der Waals surface area (Å²) in [5.74, 6) is 1.60. The van der Waals surface area contributed by atoms with Gasteiger partial charge in [0.15, 0.2) is 0 Å². The third-order valence-electron chi connectivity index (χ3n) is 3.18. The first-order chi connectivity index (χ1) is 9.38. The molecule has 0 radical (unpaired) electrons. The molecule has 0 saturated carbocycles. The van der Waals surface area contributed by atoms with E-state index < -0.39 is 0 Å². The molecule has 20 heavy (non-hydrogen) atoms. The average molecular weight is 338 g/mol. The zero-order valence-electron chi connectivity index (χ0n) is 12.3. The molecule has 0 aliphatic carbocycles. The summed E-state index contributed by atoms with van der Waals surface area (Å²) in [6.45, 7) is 8.34. The highest BCUT2D eigenvalue weighted by atomic mass is 79.9. The number of halogens is 1. The lowest BCUT2D eigenvalue weighted by molar-refractivity contribution is 0.335. The van der Waals surface area contributed by atoms with E-state index >= 15 is 0 Å². The normalized spacial score (nSPS) is 12.9. The molecule has 1 atom stereocenters. The third kappa shape index (κ3) is 3.27. The highest BCUT2D eigenvalue weighted by Crippen LogP contribution is 2.28. The van der Waals surface area contributed by atoms with Crippen LogP contribution in [0.5, 0.6) is 0 Å². The average Bonchev–Trinajstić information content (AvgIpc) is 2.84. The van der Waals surface area contributed by atoms with Crippen LogP contribution in [0.3, 0.4) is 0 Å². The smallest absolute Gasteiger partial charge is 0.243 e. The molecule has 5 heteroatoms. The molecule has 1 aromatic heterocycles. The molecular formula is C15H20BrN3O. The van der Waals surface area contributed by atoms with E-state index in [2.05, 4.69) is 39.9 Å². The van der Waals surface area contributed by atoms with Crippen molar-refractivity contribution in [2.24, 2.45) is 11.7 Å². The molecule has 0 bridgehead atoms. The topological polar surface area (TPSA) is 64.9 Å². The lowest BCUT2D eigenvalue weighted by Crippen LogP contribution is -2.13. The van der Waals surface area contributed by atoms with Gasteiger partial charge in [-0.2, -0.15) is 4.98 Å². The summed E-state index contributed by atoms with van der Waals surface area (Å²) >= 11 is 3.56. The van der Waals surface area contributed by atoms with Crippen molar-refractivity contribution in [3.63, 3.8) is 0 Å². The summed E-state index contributed by atoms with van der Waals surface area (Å²) in [7, 11) is 0. The van der Waals surface area contributed by atoms with Gasteiger partial charge in [0.25, 0.3) is 0 Å². The third-order valence-corrected chi connectivity index (χ3v) is 4.43. The molecule has 2 aromatic rings. The van der Waals surface area contributed by atoms with Crippen molar-refractivity contribution in [3.8, 4) is 11.4 Å². The minimum Gasteiger partial charge on any atom is -0.337 e. The maximum atomic E-state index is 6.07. The first kappa shape index (κ1) is 15.2. The van der Waals surface area contributed by atoms with Crippen LogP contribution in [-0.2, 0) is 0 Å². The van der Waals surface area contributed by atoms with Crippen molar-refractivity contribution >= 4 is 15.9 Å². The van der Waals surface area contributed by atoms with Crippen LogP contribution in [0.4, 0.5) is 0 Å². The second-order valence-corrected chi connectivity index (χ2v) is 6.41. The second kappa shape index (κ2) is 6.06. The lowest BCUT2D eigenvalue weighted by Gasteiger charge is -2.08. The Morgan fingerprint density at radius 3 is 2.40 bits per heavy atom. The monoisotopic (exact) mass is 337 g/mol. The maximum absolute atomic E-state index is 6.07. The maximum Gasteiger partial charge on any atom is 0.243 e. The minimum atomic E-state index is -0.200. The van der Waals surface area contributed by atoms with Crippen molar-refractivity contribution in [3.05, 3.63) is 33.6 Å². The van der Waals surface area contributed by atoms with E-state index in [0.29, 0.717) is 17.6 Å². The predicted molar refractivity (Wildman–Crippen MR) is 83.3 cm³/mol. The Morgan fingerprint density at radius 2 is 1.85 bits per heavy atom. The number of hydrogen-bond acceptors (Lipinski definition) is 4. The number of nitrogens with zero attached hydrogens (tertiary/aromatic N) is 2. The number of nitrogens with two attached hydrogens (primary N) is 1. The SMILES string of the molecule is Cc1cc(-c2noc(C(N)CC(C)C)n2)cc(C)c1Br. The standard InChI is InChI=1S/C15H20BrN3O/c1-8(2)5-12(17)15-18-14(19-20-15)11-6-9(3)13(16)10(4)7-11/h6-8,12H,5,17H2,1-4H3. The van der Waals surface area contributed by atoms with Gasteiger partial charge in [0.05, 0.1) is 6.04 Å². The van der Waals surface area contributed by atoms with Gasteiger partial charge in [-0.3, -0.25) is 0 Å². The molecule has 1 heterocycles. The summed E-state index contributed by atoms with van der Waals surface area (Å²) in [6, 6.07) is 3.88. The van der Waals surface area contributed by atoms with Crippen LogP contribution in [0.1, 0.15) is 43.3 Å². The van der Waals surface area contributed by atoms with Crippen LogP contribution in [0.2, 0.25) is 0 Å². The molecule has 2 N–H and O–H groups in total. The van der Waals surface area contributed by atoms with Crippen LogP contribution in [0.15, 0.2) is 21.1 Å². The molecule has 1 unspecified atom stereocenters. The van der Waals surface area contributed by atoms with Crippen LogP contribution >= 0.6 is 15.9 Å². The number of aromatic nitrogens is 2. The Labute approximate surface area is 127 Å². The fourth-order valence-corrected chi connectivity index (χ4v) is 2.42. The number of benzene rings is 1. The van der Waals surface area contributed by atoms with E-state index in [1.807, 2.05) is 26.0 Å². The van der Waals surface area contributed by atoms with Gasteiger partial charge in [-0.05, 0) is 49.4 Å². The molecular weight excluding hydrogens is 318 g/mol. The minimum absolute atomic E-state index is 0.200. The van der Waals surface area contributed by atoms with Gasteiger partial charge in [-0.15, -0.1) is 0 Å². The largest absolute Gasteiger partial charge is 0.337 e. The summed E-state index contributed by atoms with van der Waals surface area (Å²) in [6.07, 6.45) is 0.833. The molecule has 4 nitrogen and oxygen atoms in total. The molecule has 0 saturated heterocycles. The molecule has 0 aliphatic rings. The van der Waals surface area contributed by atoms with Gasteiger partial charge < -0.3 is 10.3 Å². The fraction of sp³-hybridized carbons (Fsp3) is 0.467. The number of hydrogen-bond donors (Lipinski definition) is 1. The Balaban J connectivity index is 2.29. The molecule has 0 fully saturated rings. The highest BCUT2D eigenvalue weighted by Gasteiger charge is 2.17. The van der Waals surface area contributed by atoms with E-state index in [-0.39, 0.29) is 6.04 Å². The first-order valence-corrected chi connectivity index (χ1v) is 7.54. The van der Waals surface area contributed by atoms with Crippen LogP contribution in [-0.4, -0.2) is 10.1 Å². The Bertz CT molecular complexity index is 584. The van der Waals surface area contributed by atoms with Gasteiger partial charge in [0.2, 0.25) is 11.7 Å². The highest BCUT2D eigenvalue weighted by molar-refractivity contribution is 9.10. The molecule has 1 aromatic carbocycles. The molecule has 2 rings (SSSR count). The predicted octanol–water partition coefficient (Wildman–Crippen LogP) is 4.16. The summed E-state index contributed by atoms with van der Waals surface area (Å²) < 4.78 is 6.41. The van der Waals surface area contributed by atoms with Gasteiger partial charge >= 0.3 is 0 Å². The fourth-order valence-electron chi connectivity index (χ4n) is 2.19. The van der Waals surface area contributed by atoms with Crippen molar-refractivity contribution in [2.45, 2.75) is 40.2 Å². The summed E-state index contributed by atoms with van der Waals surface area (Å²) in [5.41, 5.74) is 9.32. The molecule has 0 aliphatic heterocycles. The quantitative estimate of drug-likeness (QED) is 0.909. The Kier molecular flexibility index (Phi) is 4.60. The summed E-state index contributed by atoms with van der Waals surface area (Å²) in [5, 5.41) is 4.05. The second-order valence-electron chi connectivity index (χ2n) is 5.62. The van der Waals surface area contributed by atoms with Gasteiger partial charge in [0, 0.05) is 10.0 Å². The van der Waals surface area contributed by atoms with Crippen molar-refractivity contribution in [1.82, 2.24) is 10.1 Å². The summed E-state index contributed by atoms with van der Waals surface area (Å²) in [4.78, 5) is 4.43. The van der Waals surface area contributed by atoms with E-state index in [1.54, 1.807) is 0 Å². The Hall–Kier alpha value is -1.20. The van der Waals surface area contributed by atoms with Gasteiger partial charge in [-0.25, -0.2) is 0 Å². The molecule has 0 spiro atoms. The first-order valence-electron chi connectivity index (χ1n) is 6.74. The van der Waals surface area contributed by atoms with E-state index in [0.717, 1.165) is 27.6 Å². The molecule has 0 amide bonds. The van der Waals surface area contributed by atoms with E-state index in [4.69, 9.17) is 10.3 Å². The van der Waals surface area contributed by atoms with Crippen LogP contribution < -0.4 is 5.73 Å². The van der Waals surface area contributed by atoms with Crippen molar-refractivity contribution in [1.29, 1.82) is 0 Å². The van der Waals surface area contributed by atoms with Crippen LogP contribution in [0, 0.1) is 19.8 Å². The Morgan fingerprint density at radius 1 is 1.25 bits per heavy atom. The number of aryl methyl sites for hydroxylation is 2. The zero-order valence-corrected chi connectivity index (χ0v) is 13.9. The van der Waals surface area contributed by atoms with Gasteiger partial charge in [-0.1, -0.05) is 34.9 Å². The van der Waals surface area contributed by atoms with Crippen molar-refractivity contribution < 1.29 is 4.52 Å². The van der Waals surface area contributed by atoms with Gasteiger partial charge in [0.1, 0.15) is 0 Å². The van der Waals surface area contributed by atoms with Crippen molar-refractivity contribution in [2.75, 3.05) is 0 Å². The van der Waals surface area contributed by atoms with E-state index in [9.17, 15) is 0 Å².